The van der Waals surface area contributed by atoms with Gasteiger partial charge in [0.25, 0.3) is 0 Å². The molecule has 37 heavy (non-hydrogen) atoms. The van der Waals surface area contributed by atoms with Crippen molar-refractivity contribution in [3.8, 4) is 34.5 Å². The van der Waals surface area contributed by atoms with Crippen LogP contribution in [-0.4, -0.2) is 45.8 Å². The Morgan fingerprint density at radius 1 is 0.892 bits per heavy atom. The number of rotatable bonds is 6. The molecular formula is C28H27NO8. The highest BCUT2D eigenvalue weighted by Crippen LogP contribution is 2.56. The first-order valence-corrected chi connectivity index (χ1v) is 12.0. The topological polar surface area (TPSA) is 105 Å². The van der Waals surface area contributed by atoms with Gasteiger partial charge in [0.05, 0.1) is 39.9 Å². The lowest BCUT2D eigenvalue weighted by Crippen LogP contribution is -2.37. The van der Waals surface area contributed by atoms with Crippen LogP contribution in [0.4, 0.5) is 5.69 Å². The highest BCUT2D eigenvalue weighted by atomic mass is 16.7. The van der Waals surface area contributed by atoms with Gasteiger partial charge in [-0.1, -0.05) is 6.07 Å². The summed E-state index contributed by atoms with van der Waals surface area (Å²) in [6.07, 6.45) is 0. The summed E-state index contributed by atoms with van der Waals surface area (Å²) in [5.74, 6) is 1.08. The van der Waals surface area contributed by atoms with E-state index in [-0.39, 0.29) is 48.6 Å². The first-order valence-electron chi connectivity index (χ1n) is 12.0. The lowest BCUT2D eigenvalue weighted by Gasteiger charge is -2.40. The Morgan fingerprint density at radius 3 is 2.27 bits per heavy atom. The van der Waals surface area contributed by atoms with Crippen LogP contribution in [0.2, 0.25) is 0 Å². The molecule has 1 aliphatic carbocycles. The number of hydrogen-bond donors (Lipinski definition) is 2. The van der Waals surface area contributed by atoms with Crippen molar-refractivity contribution in [1.82, 2.24) is 0 Å². The van der Waals surface area contributed by atoms with Gasteiger partial charge >= 0.3 is 5.97 Å². The fourth-order valence-electron chi connectivity index (χ4n) is 5.73. The molecule has 0 saturated carbocycles. The summed E-state index contributed by atoms with van der Waals surface area (Å²) in [7, 11) is 4.58. The summed E-state index contributed by atoms with van der Waals surface area (Å²) in [6, 6.07) is 14.8. The van der Waals surface area contributed by atoms with Crippen LogP contribution in [0, 0.1) is 11.8 Å². The van der Waals surface area contributed by atoms with Crippen molar-refractivity contribution in [3.63, 3.8) is 0 Å². The molecule has 9 heteroatoms. The monoisotopic (exact) mass is 505 g/mol. The maximum Gasteiger partial charge on any atom is 0.310 e. The van der Waals surface area contributed by atoms with Crippen molar-refractivity contribution in [3.05, 3.63) is 65.2 Å². The summed E-state index contributed by atoms with van der Waals surface area (Å²) in [4.78, 5) is 13.3. The summed E-state index contributed by atoms with van der Waals surface area (Å²) in [5.41, 5.74) is 3.50. The number of fused-ring (bicyclic) bond motifs is 3. The van der Waals surface area contributed by atoms with Crippen molar-refractivity contribution in [2.75, 3.05) is 40.0 Å². The van der Waals surface area contributed by atoms with E-state index in [1.54, 1.807) is 19.2 Å². The number of methoxy groups -OCH3 is 3. The fourth-order valence-corrected chi connectivity index (χ4v) is 5.73. The lowest BCUT2D eigenvalue weighted by molar-refractivity contribution is -0.141. The third-order valence-electron chi connectivity index (χ3n) is 7.44. The SMILES string of the molecule is COc1cccc(N[C@@H]2c3cc4c(cc3C(c3cc(OC)c(O)c(OC)c3)[C@H]3C(=O)OCC32)OCO4)c1. The molecular weight excluding hydrogens is 478 g/mol. The van der Waals surface area contributed by atoms with Crippen LogP contribution in [0.25, 0.3) is 0 Å². The van der Waals surface area contributed by atoms with Crippen molar-refractivity contribution in [1.29, 1.82) is 0 Å². The van der Waals surface area contributed by atoms with E-state index in [9.17, 15) is 9.90 Å². The van der Waals surface area contributed by atoms with Crippen LogP contribution >= 0.6 is 0 Å². The zero-order valence-corrected chi connectivity index (χ0v) is 20.6. The Kier molecular flexibility index (Phi) is 5.62. The molecule has 2 aliphatic heterocycles. The number of carbonyl (C=O) groups is 1. The largest absolute Gasteiger partial charge is 0.502 e. The molecule has 2 N–H and O–H groups in total. The van der Waals surface area contributed by atoms with Gasteiger partial charge in [-0.15, -0.1) is 0 Å². The average molecular weight is 506 g/mol. The lowest BCUT2D eigenvalue weighted by atomic mass is 9.65. The minimum absolute atomic E-state index is 0.0985. The normalized spacial score (nSPS) is 23.1. The maximum atomic E-state index is 13.3. The number of cyclic esters (lactones) is 1. The van der Waals surface area contributed by atoms with Gasteiger partial charge in [0.15, 0.2) is 23.0 Å². The molecule has 3 aliphatic rings. The van der Waals surface area contributed by atoms with E-state index in [1.165, 1.54) is 14.2 Å². The molecule has 4 atom stereocenters. The number of aromatic hydroxyl groups is 1. The molecule has 0 aromatic heterocycles. The van der Waals surface area contributed by atoms with Crippen LogP contribution in [0.15, 0.2) is 48.5 Å². The van der Waals surface area contributed by atoms with Crippen molar-refractivity contribution in [2.24, 2.45) is 11.8 Å². The number of phenolic OH excluding ortho intramolecular Hbond substituents is 1. The van der Waals surface area contributed by atoms with Crippen LogP contribution in [0.3, 0.4) is 0 Å². The van der Waals surface area contributed by atoms with Gasteiger partial charge in [0.1, 0.15) is 5.75 Å². The molecule has 9 nitrogen and oxygen atoms in total. The molecule has 3 aromatic carbocycles. The predicted octanol–water partition coefficient (Wildman–Crippen LogP) is 4.23. The Bertz CT molecular complexity index is 1350. The van der Waals surface area contributed by atoms with E-state index in [1.807, 2.05) is 36.4 Å². The van der Waals surface area contributed by atoms with E-state index in [4.69, 9.17) is 28.4 Å². The van der Waals surface area contributed by atoms with E-state index >= 15 is 0 Å². The molecule has 3 aromatic rings. The molecule has 0 amide bonds. The number of anilines is 1. The molecule has 6 rings (SSSR count). The molecule has 1 saturated heterocycles. The van der Waals surface area contributed by atoms with Gasteiger partial charge in [0, 0.05) is 23.6 Å². The van der Waals surface area contributed by atoms with Crippen molar-refractivity contribution >= 4 is 11.7 Å². The van der Waals surface area contributed by atoms with Gasteiger partial charge < -0.3 is 38.8 Å². The first-order chi connectivity index (χ1) is 18.0. The summed E-state index contributed by atoms with van der Waals surface area (Å²) < 4.78 is 33.3. The Hall–Kier alpha value is -4.27. The van der Waals surface area contributed by atoms with Crippen LogP contribution in [0.5, 0.6) is 34.5 Å². The third kappa shape index (κ3) is 3.73. The Balaban J connectivity index is 1.54. The van der Waals surface area contributed by atoms with Crippen molar-refractivity contribution < 1.29 is 38.3 Å². The van der Waals surface area contributed by atoms with Crippen LogP contribution in [0.1, 0.15) is 28.7 Å². The number of esters is 1. The van der Waals surface area contributed by atoms with Gasteiger partial charge in [0.2, 0.25) is 12.5 Å². The quantitative estimate of drug-likeness (QED) is 0.476. The van der Waals surface area contributed by atoms with Crippen LogP contribution in [-0.2, 0) is 9.53 Å². The van der Waals surface area contributed by atoms with E-state index < -0.39 is 11.8 Å². The van der Waals surface area contributed by atoms with Crippen LogP contribution < -0.4 is 29.0 Å². The molecule has 1 fully saturated rings. The molecule has 192 valence electrons. The van der Waals surface area contributed by atoms with Crippen molar-refractivity contribution in [2.45, 2.75) is 12.0 Å². The molecule has 0 spiro atoms. The number of nitrogens with one attached hydrogen (secondary N) is 1. The first kappa shape index (κ1) is 23.1. The standard InChI is InChI=1S/C28H27NO8/c1-32-16-6-4-5-15(9-16)29-26-18-11-21-20(36-13-37-21)10-17(18)24(25-19(26)12-35-28(25)31)14-7-22(33-2)27(30)23(8-14)34-3/h4-11,19,24-26,29-30H,12-13H2,1-3H3/t19?,24?,25-,26+/m0/s1. The zero-order valence-electron chi connectivity index (χ0n) is 20.6. The fraction of sp³-hybridized carbons (Fsp3) is 0.321. The predicted molar refractivity (Wildman–Crippen MR) is 133 cm³/mol. The summed E-state index contributed by atoms with van der Waals surface area (Å²) >= 11 is 0. The highest BCUT2D eigenvalue weighted by molar-refractivity contribution is 5.79. The minimum atomic E-state index is -0.491. The molecule has 2 heterocycles. The number of ether oxygens (including phenoxy) is 6. The van der Waals surface area contributed by atoms with Gasteiger partial charge in [-0.25, -0.2) is 0 Å². The van der Waals surface area contributed by atoms with Gasteiger partial charge in [-0.2, -0.15) is 0 Å². The second-order valence-corrected chi connectivity index (χ2v) is 9.26. The highest BCUT2D eigenvalue weighted by Gasteiger charge is 2.52. The zero-order chi connectivity index (χ0) is 25.7. The van der Waals surface area contributed by atoms with E-state index in [2.05, 4.69) is 5.32 Å². The second-order valence-electron chi connectivity index (χ2n) is 9.26. The van der Waals surface area contributed by atoms with Gasteiger partial charge in [-0.05, 0) is 53.1 Å². The molecule has 0 bridgehead atoms. The Labute approximate surface area is 213 Å². The maximum absolute atomic E-state index is 13.3. The number of phenols is 1. The summed E-state index contributed by atoms with van der Waals surface area (Å²) in [5, 5.41) is 14.1. The van der Waals surface area contributed by atoms with Gasteiger partial charge in [-0.3, -0.25) is 4.79 Å². The van der Waals surface area contributed by atoms with E-state index in [0.717, 1.165) is 28.1 Å². The molecule has 0 radical (unpaired) electrons. The smallest absolute Gasteiger partial charge is 0.310 e. The number of hydrogen-bond acceptors (Lipinski definition) is 9. The number of carbonyl (C=O) groups excluding carboxylic acids is 1. The average Bonchev–Trinajstić information content (AvgIpc) is 3.54. The second kappa shape index (κ2) is 8.99. The minimum Gasteiger partial charge on any atom is -0.502 e. The summed E-state index contributed by atoms with van der Waals surface area (Å²) in [6.45, 7) is 0.397. The number of benzene rings is 3. The van der Waals surface area contributed by atoms with E-state index in [0.29, 0.717) is 11.5 Å². The third-order valence-corrected chi connectivity index (χ3v) is 7.44. The Morgan fingerprint density at radius 2 is 1.59 bits per heavy atom. The molecule has 2 unspecified atom stereocenters.